The minimum atomic E-state index is -1.70. The second-order valence-corrected chi connectivity index (χ2v) is 7.03. The van der Waals surface area contributed by atoms with Crippen molar-refractivity contribution in [3.05, 3.63) is 98.7 Å². The van der Waals surface area contributed by atoms with E-state index >= 15 is 4.39 Å². The lowest BCUT2D eigenvalue weighted by Crippen LogP contribution is -2.49. The zero-order valence-corrected chi connectivity index (χ0v) is 15.9. The molecule has 154 valence electrons. The smallest absolute Gasteiger partial charge is 0.247 e. The topological polar surface area (TPSA) is 70.1 Å². The quantitative estimate of drug-likeness (QED) is 0.509. The summed E-state index contributed by atoms with van der Waals surface area (Å²) < 4.78 is 58.0. The molecule has 0 bridgehead atoms. The molecule has 0 aliphatic carbocycles. The van der Waals surface area contributed by atoms with Gasteiger partial charge in [-0.25, -0.2) is 18.2 Å². The van der Waals surface area contributed by atoms with E-state index in [9.17, 15) is 18.0 Å². The van der Waals surface area contributed by atoms with Crippen LogP contribution in [0.15, 0.2) is 52.4 Å². The molecule has 0 saturated heterocycles. The fraction of sp³-hybridized carbons (Fsp3) is 0.190. The van der Waals surface area contributed by atoms with Gasteiger partial charge in [0.15, 0.2) is 11.6 Å². The highest BCUT2D eigenvalue weighted by molar-refractivity contribution is 6.01. The summed E-state index contributed by atoms with van der Waals surface area (Å²) in [5.74, 6) is -4.20. The Morgan fingerprint density at radius 2 is 1.70 bits per heavy atom. The molecule has 1 aliphatic heterocycles. The van der Waals surface area contributed by atoms with Crippen LogP contribution >= 0.6 is 0 Å². The van der Waals surface area contributed by atoms with Crippen molar-refractivity contribution in [1.82, 2.24) is 15.3 Å². The fourth-order valence-electron chi connectivity index (χ4n) is 3.71. The molecule has 1 aromatic carbocycles. The Balaban J connectivity index is 1.96. The molecule has 4 rings (SSSR count). The summed E-state index contributed by atoms with van der Waals surface area (Å²) in [6.07, 6.45) is 1.39. The Labute approximate surface area is 168 Å². The molecule has 2 N–H and O–H groups in total. The van der Waals surface area contributed by atoms with Crippen LogP contribution in [-0.2, 0) is 5.54 Å². The lowest BCUT2D eigenvalue weighted by atomic mass is 9.78. The molecule has 2 atom stereocenters. The molecular formula is C21H16F4N4O. The second-order valence-electron chi connectivity index (χ2n) is 7.03. The molecule has 3 heterocycles. The second kappa shape index (κ2) is 7.08. The van der Waals surface area contributed by atoms with Crippen molar-refractivity contribution in [2.45, 2.75) is 25.4 Å². The number of halogens is 4. The molecular weight excluding hydrogens is 400 g/mol. The SMILES string of the molecule is Cc1nc(F)c([C@@]2(c3ccc(F)cc3)NC(c3ccc(=O)[nH]c3)=N[C@H]2C)c(F)c1F. The van der Waals surface area contributed by atoms with Gasteiger partial charge in [-0.15, -0.1) is 0 Å². The van der Waals surface area contributed by atoms with Gasteiger partial charge in [-0.2, -0.15) is 4.39 Å². The van der Waals surface area contributed by atoms with E-state index in [1.54, 1.807) is 6.92 Å². The Bertz CT molecular complexity index is 1200. The molecule has 2 aromatic heterocycles. The van der Waals surface area contributed by atoms with Gasteiger partial charge in [-0.05, 0) is 37.6 Å². The number of nitrogens with one attached hydrogen (secondary N) is 2. The summed E-state index contributed by atoms with van der Waals surface area (Å²) in [7, 11) is 0. The third-order valence-electron chi connectivity index (χ3n) is 5.22. The van der Waals surface area contributed by atoms with E-state index in [0.29, 0.717) is 5.56 Å². The highest BCUT2D eigenvalue weighted by Gasteiger charge is 2.50. The van der Waals surface area contributed by atoms with E-state index in [0.717, 1.165) is 19.1 Å². The number of hydrogen-bond donors (Lipinski definition) is 2. The van der Waals surface area contributed by atoms with E-state index in [2.05, 4.69) is 20.3 Å². The maximum absolute atomic E-state index is 15.1. The molecule has 5 nitrogen and oxygen atoms in total. The molecule has 9 heteroatoms. The van der Waals surface area contributed by atoms with Crippen LogP contribution in [0.4, 0.5) is 17.6 Å². The number of aromatic amines is 1. The zero-order valence-electron chi connectivity index (χ0n) is 15.9. The Morgan fingerprint density at radius 3 is 2.33 bits per heavy atom. The Hall–Kier alpha value is -3.49. The van der Waals surface area contributed by atoms with Crippen LogP contribution in [0, 0.1) is 30.3 Å². The van der Waals surface area contributed by atoms with Gasteiger partial charge >= 0.3 is 0 Å². The van der Waals surface area contributed by atoms with Gasteiger partial charge in [0, 0.05) is 17.8 Å². The highest BCUT2D eigenvalue weighted by atomic mass is 19.2. The maximum Gasteiger partial charge on any atom is 0.247 e. The minimum absolute atomic E-state index is 0.225. The average Bonchev–Trinajstić information content (AvgIpc) is 3.05. The fourth-order valence-corrected chi connectivity index (χ4v) is 3.71. The summed E-state index contributed by atoms with van der Waals surface area (Å²) in [5, 5.41) is 2.99. The molecule has 0 amide bonds. The summed E-state index contributed by atoms with van der Waals surface area (Å²) in [5.41, 5.74) is -2.40. The number of aryl methyl sites for hydroxylation is 1. The number of H-pyrrole nitrogens is 1. The van der Waals surface area contributed by atoms with Crippen LogP contribution in [-0.4, -0.2) is 21.8 Å². The summed E-state index contributed by atoms with van der Waals surface area (Å²) in [6, 6.07) is 6.89. The summed E-state index contributed by atoms with van der Waals surface area (Å²) in [6.45, 7) is 2.75. The first kappa shape index (κ1) is 19.8. The first-order valence-electron chi connectivity index (χ1n) is 9.06. The van der Waals surface area contributed by atoms with Crippen LogP contribution < -0.4 is 10.9 Å². The van der Waals surface area contributed by atoms with E-state index in [-0.39, 0.29) is 17.0 Å². The first-order valence-corrected chi connectivity index (χ1v) is 9.06. The van der Waals surface area contributed by atoms with Gasteiger partial charge < -0.3 is 10.3 Å². The third-order valence-corrected chi connectivity index (χ3v) is 5.22. The number of benzene rings is 1. The van der Waals surface area contributed by atoms with Crippen molar-refractivity contribution in [3.63, 3.8) is 0 Å². The summed E-state index contributed by atoms with van der Waals surface area (Å²) >= 11 is 0. The van der Waals surface area contributed by atoms with Crippen LogP contribution in [0.25, 0.3) is 0 Å². The van der Waals surface area contributed by atoms with Crippen LogP contribution in [0.1, 0.15) is 29.3 Å². The summed E-state index contributed by atoms with van der Waals surface area (Å²) in [4.78, 5) is 21.8. The minimum Gasteiger partial charge on any atom is -0.354 e. The van der Waals surface area contributed by atoms with E-state index in [4.69, 9.17) is 0 Å². The van der Waals surface area contributed by atoms with Gasteiger partial charge in [0.2, 0.25) is 11.5 Å². The lowest BCUT2D eigenvalue weighted by Gasteiger charge is -2.35. The Morgan fingerprint density at radius 1 is 1.00 bits per heavy atom. The molecule has 1 aliphatic rings. The monoisotopic (exact) mass is 416 g/mol. The van der Waals surface area contributed by atoms with Crippen LogP contribution in [0.5, 0.6) is 0 Å². The lowest BCUT2D eigenvalue weighted by molar-refractivity contribution is 0.362. The van der Waals surface area contributed by atoms with E-state index in [1.165, 1.54) is 30.5 Å². The molecule has 30 heavy (non-hydrogen) atoms. The largest absolute Gasteiger partial charge is 0.354 e. The van der Waals surface area contributed by atoms with Gasteiger partial charge in [-0.1, -0.05) is 12.1 Å². The predicted octanol–water partition coefficient (Wildman–Crippen LogP) is 3.32. The van der Waals surface area contributed by atoms with E-state index in [1.807, 2.05) is 0 Å². The van der Waals surface area contributed by atoms with Crippen LogP contribution in [0.2, 0.25) is 0 Å². The van der Waals surface area contributed by atoms with Crippen molar-refractivity contribution in [2.24, 2.45) is 4.99 Å². The van der Waals surface area contributed by atoms with Crippen molar-refractivity contribution >= 4 is 5.84 Å². The normalized spacial score (nSPS) is 20.7. The molecule has 0 spiro atoms. The first-order chi connectivity index (χ1) is 14.2. The maximum atomic E-state index is 15.1. The van der Waals surface area contributed by atoms with Crippen molar-refractivity contribution in [2.75, 3.05) is 0 Å². The standard InChI is InChI=1S/C21H16F4N4O/c1-10-17(23)18(24)16(19(25)27-10)21(13-4-6-14(22)7-5-13)11(2)28-20(29-21)12-3-8-15(30)26-9-12/h3-9,11H,1-2H3,(H,26,30)(H,28,29)/t11-,21+/m0/s1. The van der Waals surface area contributed by atoms with Gasteiger partial charge in [-0.3, -0.25) is 9.79 Å². The highest BCUT2D eigenvalue weighted by Crippen LogP contribution is 2.41. The number of aromatic nitrogens is 2. The van der Waals surface area contributed by atoms with E-state index < -0.39 is 46.2 Å². The number of amidine groups is 1. The third kappa shape index (κ3) is 2.97. The number of rotatable bonds is 3. The number of nitrogens with zero attached hydrogens (tertiary/aromatic N) is 2. The van der Waals surface area contributed by atoms with Gasteiger partial charge in [0.1, 0.15) is 17.2 Å². The van der Waals surface area contributed by atoms with Crippen LogP contribution in [0.3, 0.4) is 0 Å². The molecule has 0 radical (unpaired) electrons. The number of pyridine rings is 2. The molecule has 0 fully saturated rings. The number of aliphatic imine (C=N–C) groups is 1. The van der Waals surface area contributed by atoms with Crippen molar-refractivity contribution in [1.29, 1.82) is 0 Å². The molecule has 0 saturated carbocycles. The predicted molar refractivity (Wildman–Crippen MR) is 102 cm³/mol. The van der Waals surface area contributed by atoms with Gasteiger partial charge in [0.25, 0.3) is 0 Å². The molecule has 0 unspecified atom stereocenters. The Kier molecular flexibility index (Phi) is 4.68. The van der Waals surface area contributed by atoms with Crippen molar-refractivity contribution in [3.8, 4) is 0 Å². The zero-order chi connectivity index (χ0) is 21.6. The van der Waals surface area contributed by atoms with Crippen molar-refractivity contribution < 1.29 is 17.6 Å². The molecule has 3 aromatic rings. The van der Waals surface area contributed by atoms with Gasteiger partial charge in [0.05, 0.1) is 17.3 Å². The average molecular weight is 416 g/mol. The number of hydrogen-bond acceptors (Lipinski definition) is 4.